The second kappa shape index (κ2) is 6.04. The van der Waals surface area contributed by atoms with Crippen molar-refractivity contribution in [1.29, 1.82) is 0 Å². The Morgan fingerprint density at radius 3 is 1.46 bits per heavy atom. The smallest absolute Gasteiger partial charge is 0.157 e. The minimum absolute atomic E-state index is 0.0580. The molecule has 0 heterocycles. The molecule has 5 nitrogen and oxygen atoms in total. The Labute approximate surface area is 138 Å². The number of rotatable bonds is 3. The average Bonchev–Trinajstić information content (AvgIpc) is 2.56. The van der Waals surface area contributed by atoms with E-state index in [9.17, 15) is 25.5 Å². The lowest BCUT2D eigenvalue weighted by Crippen LogP contribution is -2.03. The predicted octanol–water partition coefficient (Wildman–Crippen LogP) is 3.39. The van der Waals surface area contributed by atoms with Crippen molar-refractivity contribution in [3.8, 4) is 28.7 Å². The SMILES string of the molecule is Oc1ccc(C(c2ccc(O)c(O)c2)c2ccccc2O)cc1O. The molecule has 5 heteroatoms. The summed E-state index contributed by atoms with van der Waals surface area (Å²) in [7, 11) is 0. The van der Waals surface area contributed by atoms with Crippen LogP contribution in [0.4, 0.5) is 0 Å². The van der Waals surface area contributed by atoms with Gasteiger partial charge in [0.1, 0.15) is 5.75 Å². The topological polar surface area (TPSA) is 101 Å². The number of benzene rings is 3. The molecule has 0 aromatic heterocycles. The Bertz CT molecular complexity index is 837. The molecule has 0 atom stereocenters. The van der Waals surface area contributed by atoms with E-state index < -0.39 is 5.92 Å². The highest BCUT2D eigenvalue weighted by atomic mass is 16.3. The maximum absolute atomic E-state index is 10.2. The summed E-state index contributed by atoms with van der Waals surface area (Å²) in [6.45, 7) is 0. The summed E-state index contributed by atoms with van der Waals surface area (Å²) in [6, 6.07) is 15.5. The molecule has 0 fully saturated rings. The molecule has 0 saturated carbocycles. The van der Waals surface area contributed by atoms with Crippen LogP contribution in [0.5, 0.6) is 28.7 Å². The molecule has 0 amide bonds. The standard InChI is InChI=1S/C19H16O5/c20-14-4-2-1-3-13(14)19(11-5-7-15(21)17(23)9-11)12-6-8-16(22)18(24)10-12/h1-10,19-24H. The van der Waals surface area contributed by atoms with Gasteiger partial charge in [0.05, 0.1) is 0 Å². The normalized spacial score (nSPS) is 10.9. The Kier molecular flexibility index (Phi) is 3.92. The van der Waals surface area contributed by atoms with Crippen molar-refractivity contribution in [2.75, 3.05) is 0 Å². The van der Waals surface area contributed by atoms with Gasteiger partial charge in [-0.25, -0.2) is 0 Å². The molecule has 0 spiro atoms. The molecule has 3 aromatic carbocycles. The quantitative estimate of drug-likeness (QED) is 0.375. The van der Waals surface area contributed by atoms with Crippen LogP contribution < -0.4 is 0 Å². The van der Waals surface area contributed by atoms with E-state index in [2.05, 4.69) is 0 Å². The number of hydrogen-bond acceptors (Lipinski definition) is 5. The molecule has 0 radical (unpaired) electrons. The number of phenols is 5. The van der Waals surface area contributed by atoms with Gasteiger partial charge in [0.15, 0.2) is 23.0 Å². The number of phenolic OH excluding ortho intramolecular Hbond substituents is 5. The predicted molar refractivity (Wildman–Crippen MR) is 88.6 cm³/mol. The van der Waals surface area contributed by atoms with Gasteiger partial charge in [-0.1, -0.05) is 30.3 Å². The number of para-hydroxylation sites is 1. The van der Waals surface area contributed by atoms with E-state index in [0.717, 1.165) is 0 Å². The first-order valence-corrected chi connectivity index (χ1v) is 7.29. The second-order valence-corrected chi connectivity index (χ2v) is 5.49. The van der Waals surface area contributed by atoms with Crippen LogP contribution >= 0.6 is 0 Å². The van der Waals surface area contributed by atoms with E-state index in [-0.39, 0.29) is 28.7 Å². The Morgan fingerprint density at radius 1 is 0.500 bits per heavy atom. The van der Waals surface area contributed by atoms with Crippen LogP contribution in [0, 0.1) is 0 Å². The monoisotopic (exact) mass is 324 g/mol. The average molecular weight is 324 g/mol. The fourth-order valence-electron chi connectivity index (χ4n) is 2.72. The van der Waals surface area contributed by atoms with E-state index in [1.807, 2.05) is 0 Å². The van der Waals surface area contributed by atoms with Gasteiger partial charge in [-0.3, -0.25) is 0 Å². The third kappa shape index (κ3) is 2.79. The summed E-state index contributed by atoms with van der Waals surface area (Å²) >= 11 is 0. The maximum atomic E-state index is 10.2. The van der Waals surface area contributed by atoms with Gasteiger partial charge in [-0.15, -0.1) is 0 Å². The summed E-state index contributed by atoms with van der Waals surface area (Å²) in [5.41, 5.74) is 1.78. The van der Waals surface area contributed by atoms with Crippen LogP contribution in [-0.4, -0.2) is 25.5 Å². The van der Waals surface area contributed by atoms with Crippen LogP contribution in [0.2, 0.25) is 0 Å². The van der Waals surface area contributed by atoms with E-state index in [4.69, 9.17) is 0 Å². The van der Waals surface area contributed by atoms with Gasteiger partial charge in [-0.05, 0) is 41.5 Å². The third-order valence-corrected chi connectivity index (χ3v) is 3.91. The van der Waals surface area contributed by atoms with Crippen LogP contribution in [0.1, 0.15) is 22.6 Å². The molecule has 0 saturated heterocycles. The van der Waals surface area contributed by atoms with Crippen LogP contribution in [-0.2, 0) is 0 Å². The number of aromatic hydroxyl groups is 5. The maximum Gasteiger partial charge on any atom is 0.157 e. The number of hydrogen-bond donors (Lipinski definition) is 5. The molecule has 122 valence electrons. The lowest BCUT2D eigenvalue weighted by Gasteiger charge is -2.20. The molecule has 5 N–H and O–H groups in total. The summed E-state index contributed by atoms with van der Waals surface area (Å²) in [5.74, 6) is -1.51. The van der Waals surface area contributed by atoms with Crippen molar-refractivity contribution >= 4 is 0 Å². The van der Waals surface area contributed by atoms with Gasteiger partial charge < -0.3 is 25.5 Å². The summed E-state index contributed by atoms with van der Waals surface area (Å²) in [6.07, 6.45) is 0. The zero-order chi connectivity index (χ0) is 17.3. The van der Waals surface area contributed by atoms with Gasteiger partial charge in [-0.2, -0.15) is 0 Å². The minimum Gasteiger partial charge on any atom is -0.508 e. The summed E-state index contributed by atoms with van der Waals surface area (Å²) < 4.78 is 0. The zero-order valence-corrected chi connectivity index (χ0v) is 12.6. The van der Waals surface area contributed by atoms with Crippen LogP contribution in [0.15, 0.2) is 60.7 Å². The van der Waals surface area contributed by atoms with Crippen LogP contribution in [0.3, 0.4) is 0 Å². The highest BCUT2D eigenvalue weighted by molar-refractivity contribution is 5.54. The fourth-order valence-corrected chi connectivity index (χ4v) is 2.72. The zero-order valence-electron chi connectivity index (χ0n) is 12.6. The summed E-state index contributed by atoms with van der Waals surface area (Å²) in [5, 5.41) is 48.9. The molecule has 0 aliphatic carbocycles. The van der Waals surface area contributed by atoms with E-state index in [1.54, 1.807) is 36.4 Å². The highest BCUT2D eigenvalue weighted by Crippen LogP contribution is 2.41. The lowest BCUT2D eigenvalue weighted by molar-refractivity contribution is 0.402. The van der Waals surface area contributed by atoms with E-state index in [0.29, 0.717) is 16.7 Å². The molecule has 0 unspecified atom stereocenters. The molecule has 24 heavy (non-hydrogen) atoms. The molecular formula is C19H16O5. The van der Waals surface area contributed by atoms with E-state index >= 15 is 0 Å². The van der Waals surface area contributed by atoms with Gasteiger partial charge in [0, 0.05) is 11.5 Å². The molecule has 3 rings (SSSR count). The van der Waals surface area contributed by atoms with Crippen LogP contribution in [0.25, 0.3) is 0 Å². The highest BCUT2D eigenvalue weighted by Gasteiger charge is 2.22. The largest absolute Gasteiger partial charge is 0.508 e. The van der Waals surface area contributed by atoms with Crippen molar-refractivity contribution in [3.63, 3.8) is 0 Å². The Morgan fingerprint density at radius 2 is 1.00 bits per heavy atom. The lowest BCUT2D eigenvalue weighted by atomic mass is 9.84. The summed E-state index contributed by atoms with van der Waals surface area (Å²) in [4.78, 5) is 0. The van der Waals surface area contributed by atoms with Crippen molar-refractivity contribution in [2.45, 2.75) is 5.92 Å². The van der Waals surface area contributed by atoms with Crippen molar-refractivity contribution < 1.29 is 25.5 Å². The molecule has 0 aliphatic heterocycles. The van der Waals surface area contributed by atoms with Gasteiger partial charge >= 0.3 is 0 Å². The molecule has 3 aromatic rings. The van der Waals surface area contributed by atoms with E-state index in [1.165, 1.54) is 24.3 Å². The van der Waals surface area contributed by atoms with Crippen molar-refractivity contribution in [1.82, 2.24) is 0 Å². The Hall–Kier alpha value is -3.34. The Balaban J connectivity index is 2.22. The third-order valence-electron chi connectivity index (χ3n) is 3.91. The minimum atomic E-state index is -0.510. The van der Waals surface area contributed by atoms with Crippen molar-refractivity contribution in [2.24, 2.45) is 0 Å². The first-order valence-electron chi connectivity index (χ1n) is 7.29. The van der Waals surface area contributed by atoms with Gasteiger partial charge in [0.25, 0.3) is 0 Å². The molecular weight excluding hydrogens is 308 g/mol. The first kappa shape index (κ1) is 15.6. The van der Waals surface area contributed by atoms with Gasteiger partial charge in [0.2, 0.25) is 0 Å². The molecule has 0 aliphatic rings. The molecule has 0 bridgehead atoms. The fraction of sp³-hybridized carbons (Fsp3) is 0.0526. The second-order valence-electron chi connectivity index (χ2n) is 5.49. The van der Waals surface area contributed by atoms with Crippen molar-refractivity contribution in [3.05, 3.63) is 77.4 Å². The first-order chi connectivity index (χ1) is 11.5.